The summed E-state index contributed by atoms with van der Waals surface area (Å²) in [5.74, 6) is -0.0750. The van der Waals surface area contributed by atoms with Crippen LogP contribution in [-0.2, 0) is 4.79 Å². The van der Waals surface area contributed by atoms with Crippen LogP contribution >= 0.6 is 23.8 Å². The van der Waals surface area contributed by atoms with Crippen molar-refractivity contribution in [3.05, 3.63) is 29.3 Å². The van der Waals surface area contributed by atoms with Crippen molar-refractivity contribution < 1.29 is 4.79 Å². The van der Waals surface area contributed by atoms with E-state index in [-0.39, 0.29) is 5.91 Å². The maximum Gasteiger partial charge on any atom is 0.226 e. The van der Waals surface area contributed by atoms with Crippen LogP contribution < -0.4 is 10.6 Å². The van der Waals surface area contributed by atoms with Gasteiger partial charge in [-0.05, 0) is 42.9 Å². The number of benzene rings is 1. The molecule has 2 N–H and O–H groups in total. The third kappa shape index (κ3) is 4.59. The Kier molecular flexibility index (Phi) is 5.22. The lowest BCUT2D eigenvalue weighted by Gasteiger charge is -2.08. The van der Waals surface area contributed by atoms with Crippen LogP contribution in [-0.4, -0.2) is 11.0 Å². The predicted octanol–water partition coefficient (Wildman–Crippen LogP) is 2.95. The fourth-order valence-electron chi connectivity index (χ4n) is 1.11. The molecule has 0 aliphatic heterocycles. The van der Waals surface area contributed by atoms with Crippen molar-refractivity contribution in [3.63, 3.8) is 0 Å². The van der Waals surface area contributed by atoms with E-state index in [0.29, 0.717) is 16.6 Å². The first kappa shape index (κ1) is 12.9. The molecule has 0 saturated carbocycles. The molecule has 86 valence electrons. The van der Waals surface area contributed by atoms with Gasteiger partial charge in [-0.3, -0.25) is 4.79 Å². The van der Waals surface area contributed by atoms with Gasteiger partial charge in [0, 0.05) is 17.1 Å². The van der Waals surface area contributed by atoms with E-state index in [2.05, 4.69) is 10.6 Å². The monoisotopic (exact) mass is 256 g/mol. The summed E-state index contributed by atoms with van der Waals surface area (Å²) in [4.78, 5) is 11.2. The van der Waals surface area contributed by atoms with Crippen LogP contribution in [0.5, 0.6) is 0 Å². The van der Waals surface area contributed by atoms with Gasteiger partial charge < -0.3 is 10.6 Å². The molecule has 0 aliphatic carbocycles. The molecule has 16 heavy (non-hydrogen) atoms. The Hall–Kier alpha value is -1.13. The van der Waals surface area contributed by atoms with Crippen molar-refractivity contribution in [2.75, 3.05) is 5.32 Å². The Morgan fingerprint density at radius 1 is 1.38 bits per heavy atom. The third-order valence-electron chi connectivity index (χ3n) is 1.83. The smallest absolute Gasteiger partial charge is 0.226 e. The fourth-order valence-corrected chi connectivity index (χ4v) is 1.47. The van der Waals surface area contributed by atoms with E-state index in [1.807, 2.05) is 6.92 Å². The van der Waals surface area contributed by atoms with Crippen molar-refractivity contribution in [1.29, 1.82) is 0 Å². The molecule has 0 atom stereocenters. The standard InChI is InChI=1S/C11H13ClN2OS/c1-2-3-10(15)14-11(16)13-9-6-4-8(12)5-7-9/h4-7H,2-3H2,1H3,(H2,13,14,15,16). The number of carbonyl (C=O) groups excluding carboxylic acids is 1. The van der Waals surface area contributed by atoms with Crippen LogP contribution in [0.2, 0.25) is 5.02 Å². The number of carbonyl (C=O) groups is 1. The fraction of sp³-hybridized carbons (Fsp3) is 0.273. The Balaban J connectivity index is 2.45. The largest absolute Gasteiger partial charge is 0.332 e. The molecule has 1 aromatic rings. The first-order valence-electron chi connectivity index (χ1n) is 4.98. The second kappa shape index (κ2) is 6.45. The molecule has 3 nitrogen and oxygen atoms in total. The molecule has 1 rings (SSSR count). The predicted molar refractivity (Wildman–Crippen MR) is 70.7 cm³/mol. The molecule has 5 heteroatoms. The maximum absolute atomic E-state index is 11.2. The number of thiocarbonyl (C=S) groups is 1. The average molecular weight is 257 g/mol. The van der Waals surface area contributed by atoms with Crippen molar-refractivity contribution in [2.24, 2.45) is 0 Å². The summed E-state index contributed by atoms with van der Waals surface area (Å²) in [6, 6.07) is 7.09. The van der Waals surface area contributed by atoms with E-state index in [0.717, 1.165) is 12.1 Å². The number of anilines is 1. The van der Waals surface area contributed by atoms with Gasteiger partial charge in [0.2, 0.25) is 5.91 Å². The van der Waals surface area contributed by atoms with Crippen LogP contribution in [0.1, 0.15) is 19.8 Å². The molecule has 0 saturated heterocycles. The van der Waals surface area contributed by atoms with Gasteiger partial charge in [0.15, 0.2) is 5.11 Å². The highest BCUT2D eigenvalue weighted by atomic mass is 35.5. The number of hydrogen-bond acceptors (Lipinski definition) is 2. The number of halogens is 1. The highest BCUT2D eigenvalue weighted by Gasteiger charge is 2.03. The van der Waals surface area contributed by atoms with Crippen LogP contribution in [0.3, 0.4) is 0 Å². The van der Waals surface area contributed by atoms with Gasteiger partial charge in [0.1, 0.15) is 0 Å². The molecule has 0 spiro atoms. The van der Waals surface area contributed by atoms with Gasteiger partial charge >= 0.3 is 0 Å². The molecule has 0 radical (unpaired) electrons. The molecular weight excluding hydrogens is 244 g/mol. The molecule has 1 aromatic carbocycles. The Morgan fingerprint density at radius 2 is 2.00 bits per heavy atom. The van der Waals surface area contributed by atoms with Crippen LogP contribution in [0.25, 0.3) is 0 Å². The van der Waals surface area contributed by atoms with Gasteiger partial charge in [-0.15, -0.1) is 0 Å². The first-order chi connectivity index (χ1) is 7.61. The lowest BCUT2D eigenvalue weighted by molar-refractivity contribution is -0.119. The number of nitrogens with one attached hydrogen (secondary N) is 2. The minimum absolute atomic E-state index is 0.0750. The van der Waals surface area contributed by atoms with Crippen molar-refractivity contribution in [1.82, 2.24) is 5.32 Å². The van der Waals surface area contributed by atoms with Crippen LogP contribution in [0, 0.1) is 0 Å². The highest BCUT2D eigenvalue weighted by Crippen LogP contribution is 2.13. The van der Waals surface area contributed by atoms with Crippen molar-refractivity contribution >= 4 is 40.5 Å². The Morgan fingerprint density at radius 3 is 2.56 bits per heavy atom. The van der Waals surface area contributed by atoms with Gasteiger partial charge in [-0.2, -0.15) is 0 Å². The summed E-state index contributed by atoms with van der Waals surface area (Å²) < 4.78 is 0. The van der Waals surface area contributed by atoms with E-state index in [1.165, 1.54) is 0 Å². The maximum atomic E-state index is 11.2. The Bertz CT molecular complexity index is 378. The molecule has 0 unspecified atom stereocenters. The van der Waals surface area contributed by atoms with Crippen LogP contribution in [0.4, 0.5) is 5.69 Å². The zero-order valence-electron chi connectivity index (χ0n) is 8.92. The normalized spacial score (nSPS) is 9.62. The summed E-state index contributed by atoms with van der Waals surface area (Å²) >= 11 is 10.7. The van der Waals surface area contributed by atoms with Gasteiger partial charge in [0.25, 0.3) is 0 Å². The second-order valence-electron chi connectivity index (χ2n) is 3.26. The van der Waals surface area contributed by atoms with Crippen LogP contribution in [0.15, 0.2) is 24.3 Å². The lowest BCUT2D eigenvalue weighted by atomic mass is 10.3. The van der Waals surface area contributed by atoms with E-state index in [4.69, 9.17) is 23.8 Å². The van der Waals surface area contributed by atoms with Gasteiger partial charge in [-0.1, -0.05) is 18.5 Å². The zero-order valence-corrected chi connectivity index (χ0v) is 10.5. The summed E-state index contributed by atoms with van der Waals surface area (Å²) in [6.07, 6.45) is 1.28. The molecular formula is C11H13ClN2OS. The number of rotatable bonds is 3. The molecule has 0 bridgehead atoms. The number of hydrogen-bond donors (Lipinski definition) is 2. The minimum Gasteiger partial charge on any atom is -0.332 e. The van der Waals surface area contributed by atoms with Gasteiger partial charge in [-0.25, -0.2) is 0 Å². The molecule has 0 aliphatic rings. The Labute approximate surface area is 105 Å². The van der Waals surface area contributed by atoms with E-state index in [1.54, 1.807) is 24.3 Å². The topological polar surface area (TPSA) is 41.1 Å². The summed E-state index contributed by atoms with van der Waals surface area (Å²) in [6.45, 7) is 1.94. The van der Waals surface area contributed by atoms with E-state index in [9.17, 15) is 4.79 Å². The SMILES string of the molecule is CCCC(=O)NC(=S)Nc1ccc(Cl)cc1. The molecule has 1 amide bonds. The van der Waals surface area contributed by atoms with Crippen molar-refractivity contribution in [3.8, 4) is 0 Å². The summed E-state index contributed by atoms with van der Waals surface area (Å²) in [5, 5.41) is 6.46. The first-order valence-corrected chi connectivity index (χ1v) is 5.77. The highest BCUT2D eigenvalue weighted by molar-refractivity contribution is 7.80. The third-order valence-corrected chi connectivity index (χ3v) is 2.29. The van der Waals surface area contributed by atoms with E-state index < -0.39 is 0 Å². The molecule has 0 aromatic heterocycles. The lowest BCUT2D eigenvalue weighted by Crippen LogP contribution is -2.33. The summed E-state index contributed by atoms with van der Waals surface area (Å²) in [5.41, 5.74) is 0.797. The minimum atomic E-state index is -0.0750. The average Bonchev–Trinajstić information content (AvgIpc) is 2.21. The van der Waals surface area contributed by atoms with Crippen molar-refractivity contribution in [2.45, 2.75) is 19.8 Å². The number of amides is 1. The van der Waals surface area contributed by atoms with E-state index >= 15 is 0 Å². The zero-order chi connectivity index (χ0) is 12.0. The second-order valence-corrected chi connectivity index (χ2v) is 4.10. The molecule has 0 fully saturated rings. The summed E-state index contributed by atoms with van der Waals surface area (Å²) in [7, 11) is 0. The van der Waals surface area contributed by atoms with Gasteiger partial charge in [0.05, 0.1) is 0 Å². The quantitative estimate of drug-likeness (QED) is 0.817. The molecule has 0 heterocycles.